The fourth-order valence-electron chi connectivity index (χ4n) is 4.07. The van der Waals surface area contributed by atoms with Crippen LogP contribution >= 0.6 is 11.8 Å². The normalized spacial score (nSPS) is 16.4. The first-order valence-electron chi connectivity index (χ1n) is 10.7. The Balaban J connectivity index is 2.08. The van der Waals surface area contributed by atoms with Crippen LogP contribution in [0.15, 0.2) is 84.5 Å². The van der Waals surface area contributed by atoms with E-state index in [0.29, 0.717) is 18.6 Å². The standard InChI is InChI=1S/C26H31NO4S/c1-27-23(24(28)29)16-19-32-26(20-10-6-4-7-11-20,21-12-8-5-9-13-21)22-14-17-25(30-2,31-3)18-15-22/h4-15,17,23,27H,16,18-19H2,1-3H3,(H,28,29). The van der Waals surface area contributed by atoms with Crippen LogP contribution in [-0.2, 0) is 19.0 Å². The molecule has 0 heterocycles. The van der Waals surface area contributed by atoms with Crippen LogP contribution < -0.4 is 5.32 Å². The summed E-state index contributed by atoms with van der Waals surface area (Å²) in [5.41, 5.74) is 3.41. The van der Waals surface area contributed by atoms with Crippen LogP contribution in [0.1, 0.15) is 24.0 Å². The Kier molecular flexibility index (Phi) is 8.32. The Bertz CT molecular complexity index is 899. The van der Waals surface area contributed by atoms with Crippen LogP contribution in [0.5, 0.6) is 0 Å². The monoisotopic (exact) mass is 453 g/mol. The van der Waals surface area contributed by atoms with Gasteiger partial charge in [0.15, 0.2) is 5.79 Å². The van der Waals surface area contributed by atoms with Gasteiger partial charge in [-0.1, -0.05) is 72.8 Å². The molecule has 0 saturated carbocycles. The Morgan fingerprint density at radius 3 is 2.06 bits per heavy atom. The Hall–Kier alpha value is -2.38. The van der Waals surface area contributed by atoms with Gasteiger partial charge in [0.1, 0.15) is 6.04 Å². The topological polar surface area (TPSA) is 67.8 Å². The van der Waals surface area contributed by atoms with Crippen LogP contribution in [0.25, 0.3) is 0 Å². The molecular formula is C26H31NO4S. The molecule has 1 unspecified atom stereocenters. The van der Waals surface area contributed by atoms with E-state index < -0.39 is 22.5 Å². The molecule has 32 heavy (non-hydrogen) atoms. The molecule has 0 spiro atoms. The van der Waals surface area contributed by atoms with Gasteiger partial charge in [0.25, 0.3) is 0 Å². The second kappa shape index (κ2) is 11.0. The molecule has 0 aromatic heterocycles. The van der Waals surface area contributed by atoms with E-state index in [2.05, 4.69) is 41.7 Å². The van der Waals surface area contributed by atoms with Gasteiger partial charge < -0.3 is 19.9 Å². The third-order valence-electron chi connectivity index (χ3n) is 5.95. The van der Waals surface area contributed by atoms with Gasteiger partial charge in [-0.15, -0.1) is 11.8 Å². The van der Waals surface area contributed by atoms with Crippen LogP contribution in [-0.4, -0.2) is 49.9 Å². The summed E-state index contributed by atoms with van der Waals surface area (Å²) in [4.78, 5) is 11.5. The zero-order valence-corrected chi connectivity index (χ0v) is 19.6. The number of carboxylic acid groups (broad SMARTS) is 1. The molecule has 6 heteroatoms. The minimum atomic E-state index is -0.833. The van der Waals surface area contributed by atoms with E-state index in [-0.39, 0.29) is 0 Å². The molecule has 2 N–H and O–H groups in total. The van der Waals surface area contributed by atoms with Crippen LogP contribution in [0.3, 0.4) is 0 Å². The van der Waals surface area contributed by atoms with Crippen molar-refractivity contribution in [3.8, 4) is 0 Å². The minimum Gasteiger partial charge on any atom is -0.480 e. The summed E-state index contributed by atoms with van der Waals surface area (Å²) in [5.74, 6) is -0.944. The zero-order valence-electron chi connectivity index (χ0n) is 18.8. The summed E-state index contributed by atoms with van der Waals surface area (Å²) in [6.45, 7) is 0. The third kappa shape index (κ3) is 4.99. The lowest BCUT2D eigenvalue weighted by Gasteiger charge is -2.39. The fraction of sp³-hybridized carbons (Fsp3) is 0.346. The number of allylic oxidation sites excluding steroid dienone is 1. The first-order valence-corrected chi connectivity index (χ1v) is 11.6. The number of thioether (sulfide) groups is 1. The van der Waals surface area contributed by atoms with E-state index in [1.54, 1.807) is 33.0 Å². The van der Waals surface area contributed by atoms with Gasteiger partial charge in [-0.3, -0.25) is 4.79 Å². The molecule has 0 radical (unpaired) electrons. The van der Waals surface area contributed by atoms with E-state index >= 15 is 0 Å². The molecule has 0 saturated heterocycles. The number of methoxy groups -OCH3 is 2. The number of hydrogen-bond acceptors (Lipinski definition) is 5. The largest absolute Gasteiger partial charge is 0.480 e. The van der Waals surface area contributed by atoms with Crippen molar-refractivity contribution in [1.29, 1.82) is 0 Å². The first-order chi connectivity index (χ1) is 15.5. The summed E-state index contributed by atoms with van der Waals surface area (Å²) in [6, 6.07) is 20.2. The number of hydrogen-bond donors (Lipinski definition) is 2. The van der Waals surface area contributed by atoms with Crippen molar-refractivity contribution in [3.05, 3.63) is 95.6 Å². The Morgan fingerprint density at radius 2 is 1.66 bits per heavy atom. The minimum absolute atomic E-state index is 0.497. The zero-order chi connectivity index (χ0) is 23.0. The quantitative estimate of drug-likeness (QED) is 0.485. The lowest BCUT2D eigenvalue weighted by molar-refractivity contribution is -0.168. The van der Waals surface area contributed by atoms with Crippen LogP contribution in [0.4, 0.5) is 0 Å². The van der Waals surface area contributed by atoms with Gasteiger partial charge in [0, 0.05) is 20.6 Å². The van der Waals surface area contributed by atoms with Crippen molar-refractivity contribution < 1.29 is 19.4 Å². The van der Waals surface area contributed by atoms with Gasteiger partial charge in [-0.2, -0.15) is 0 Å². The molecule has 0 aliphatic heterocycles. The molecule has 2 aromatic rings. The number of carboxylic acids is 1. The summed E-state index contributed by atoms with van der Waals surface area (Å²) >= 11 is 1.75. The lowest BCUT2D eigenvalue weighted by atomic mass is 9.81. The van der Waals surface area contributed by atoms with Crippen LogP contribution in [0.2, 0.25) is 0 Å². The highest BCUT2D eigenvalue weighted by Crippen LogP contribution is 2.51. The Labute approximate surface area is 194 Å². The predicted octanol–water partition coefficient (Wildman–Crippen LogP) is 4.60. The Morgan fingerprint density at radius 1 is 1.09 bits per heavy atom. The molecule has 5 nitrogen and oxygen atoms in total. The molecule has 2 aromatic carbocycles. The van der Waals surface area contributed by atoms with Crippen molar-refractivity contribution in [3.63, 3.8) is 0 Å². The fourth-order valence-corrected chi connectivity index (χ4v) is 5.65. The number of carbonyl (C=O) groups is 1. The molecule has 1 aliphatic rings. The number of aliphatic carboxylic acids is 1. The van der Waals surface area contributed by atoms with Crippen LogP contribution in [0, 0.1) is 0 Å². The number of rotatable bonds is 11. The number of nitrogens with one attached hydrogen (secondary N) is 1. The third-order valence-corrected chi connectivity index (χ3v) is 7.53. The van der Waals surface area contributed by atoms with Crippen molar-refractivity contribution >= 4 is 17.7 Å². The first kappa shape index (κ1) is 24.3. The molecule has 0 fully saturated rings. The van der Waals surface area contributed by atoms with Crippen molar-refractivity contribution in [2.45, 2.75) is 29.4 Å². The highest BCUT2D eigenvalue weighted by Gasteiger charge is 2.40. The average Bonchev–Trinajstić information content (AvgIpc) is 2.85. The van der Waals surface area contributed by atoms with E-state index in [0.717, 1.165) is 16.7 Å². The summed E-state index contributed by atoms with van der Waals surface area (Å²) in [7, 11) is 4.98. The molecule has 0 amide bonds. The molecule has 170 valence electrons. The molecular weight excluding hydrogens is 422 g/mol. The second-order valence-corrected chi connectivity index (χ2v) is 8.96. The van der Waals surface area contributed by atoms with Crippen molar-refractivity contribution in [2.75, 3.05) is 27.0 Å². The van der Waals surface area contributed by atoms with E-state index in [4.69, 9.17) is 9.47 Å². The maximum atomic E-state index is 11.5. The van der Waals surface area contributed by atoms with E-state index in [9.17, 15) is 9.90 Å². The number of ether oxygens (including phenoxy) is 2. The average molecular weight is 454 g/mol. The maximum absolute atomic E-state index is 11.5. The van der Waals surface area contributed by atoms with Crippen molar-refractivity contribution in [2.24, 2.45) is 0 Å². The van der Waals surface area contributed by atoms with E-state index in [1.807, 2.05) is 42.5 Å². The van der Waals surface area contributed by atoms with Gasteiger partial charge >= 0.3 is 5.97 Å². The summed E-state index contributed by atoms with van der Waals surface area (Å²) in [6.07, 6.45) is 7.32. The summed E-state index contributed by atoms with van der Waals surface area (Å²) < 4.78 is 10.7. The number of likely N-dealkylation sites (N-methyl/N-ethyl adjacent to an activating group) is 1. The molecule has 1 aliphatic carbocycles. The van der Waals surface area contributed by atoms with Gasteiger partial charge in [0.05, 0.1) is 4.75 Å². The van der Waals surface area contributed by atoms with Crippen molar-refractivity contribution in [1.82, 2.24) is 5.32 Å². The molecule has 3 rings (SSSR count). The predicted molar refractivity (Wildman–Crippen MR) is 130 cm³/mol. The lowest BCUT2D eigenvalue weighted by Crippen LogP contribution is -2.36. The molecule has 0 bridgehead atoms. The number of benzene rings is 2. The maximum Gasteiger partial charge on any atom is 0.320 e. The molecule has 1 atom stereocenters. The highest BCUT2D eigenvalue weighted by atomic mass is 32.2. The van der Waals surface area contributed by atoms with Gasteiger partial charge in [-0.05, 0) is 42.0 Å². The summed E-state index contributed by atoms with van der Waals surface area (Å²) in [5, 5.41) is 12.4. The van der Waals surface area contributed by atoms with Gasteiger partial charge in [-0.25, -0.2) is 0 Å². The highest BCUT2D eigenvalue weighted by molar-refractivity contribution is 8.00. The van der Waals surface area contributed by atoms with E-state index in [1.165, 1.54) is 0 Å². The van der Waals surface area contributed by atoms with Gasteiger partial charge in [0.2, 0.25) is 0 Å². The SMILES string of the molecule is CNC(CCSC(C1=CCC(OC)(OC)C=C1)(c1ccccc1)c1ccccc1)C(=O)O. The smallest absolute Gasteiger partial charge is 0.320 e. The second-order valence-electron chi connectivity index (χ2n) is 7.65.